The van der Waals surface area contributed by atoms with Crippen LogP contribution >= 0.6 is 11.6 Å². The van der Waals surface area contributed by atoms with E-state index in [1.807, 2.05) is 4.90 Å². The molecule has 3 rings (SSSR count). The van der Waals surface area contributed by atoms with Crippen molar-refractivity contribution in [1.82, 2.24) is 9.97 Å². The molecule has 0 fully saturated rings. The van der Waals surface area contributed by atoms with Gasteiger partial charge in [-0.25, -0.2) is 9.37 Å². The Balaban J connectivity index is 2.10. The molecule has 2 heterocycles. The van der Waals surface area contributed by atoms with E-state index in [1.165, 1.54) is 6.07 Å². The SMILES string of the molecule is CC1(C)CN(c2ccc(F)c(Cl)c2)c2nccnc21. The molecule has 0 radical (unpaired) electrons. The molecule has 0 spiro atoms. The van der Waals surface area contributed by atoms with E-state index >= 15 is 0 Å². The second kappa shape index (κ2) is 4.17. The van der Waals surface area contributed by atoms with Gasteiger partial charge in [0.15, 0.2) is 5.82 Å². The van der Waals surface area contributed by atoms with Gasteiger partial charge in [-0.15, -0.1) is 0 Å². The molecule has 0 atom stereocenters. The fourth-order valence-corrected chi connectivity index (χ4v) is 2.59. The van der Waals surface area contributed by atoms with E-state index in [-0.39, 0.29) is 10.4 Å². The molecular formula is C14H13ClFN3. The Labute approximate surface area is 116 Å². The van der Waals surface area contributed by atoms with Crippen LogP contribution in [-0.4, -0.2) is 16.5 Å². The Hall–Kier alpha value is -1.68. The third-order valence-corrected chi connectivity index (χ3v) is 3.63. The first-order valence-electron chi connectivity index (χ1n) is 6.03. The predicted octanol–water partition coefficient (Wildman–Crippen LogP) is 3.70. The lowest BCUT2D eigenvalue weighted by molar-refractivity contribution is 0.553. The fraction of sp³-hybridized carbons (Fsp3) is 0.286. The van der Waals surface area contributed by atoms with Crippen molar-refractivity contribution in [2.24, 2.45) is 0 Å². The number of benzene rings is 1. The number of fused-ring (bicyclic) bond motifs is 1. The number of hydrogen-bond donors (Lipinski definition) is 0. The largest absolute Gasteiger partial charge is 0.324 e. The molecule has 0 aliphatic carbocycles. The summed E-state index contributed by atoms with van der Waals surface area (Å²) in [5.41, 5.74) is 1.69. The van der Waals surface area contributed by atoms with Gasteiger partial charge in [-0.1, -0.05) is 25.4 Å². The average Bonchev–Trinajstić information content (AvgIpc) is 2.66. The van der Waals surface area contributed by atoms with Crippen molar-refractivity contribution in [3.05, 3.63) is 47.1 Å². The highest BCUT2D eigenvalue weighted by molar-refractivity contribution is 6.31. The molecule has 1 aromatic carbocycles. The van der Waals surface area contributed by atoms with Crippen LogP contribution in [0.5, 0.6) is 0 Å². The molecule has 0 N–H and O–H groups in total. The third-order valence-electron chi connectivity index (χ3n) is 3.34. The number of aromatic nitrogens is 2. The van der Waals surface area contributed by atoms with E-state index in [0.717, 1.165) is 23.7 Å². The Morgan fingerprint density at radius 2 is 2.00 bits per heavy atom. The normalized spacial score (nSPS) is 16.5. The molecule has 0 amide bonds. The van der Waals surface area contributed by atoms with Crippen molar-refractivity contribution in [3.8, 4) is 0 Å². The van der Waals surface area contributed by atoms with Crippen LogP contribution in [0.1, 0.15) is 19.5 Å². The van der Waals surface area contributed by atoms with Crippen LogP contribution in [0, 0.1) is 5.82 Å². The molecule has 19 heavy (non-hydrogen) atoms. The van der Waals surface area contributed by atoms with Crippen LogP contribution in [0.25, 0.3) is 0 Å². The first kappa shape index (κ1) is 12.4. The van der Waals surface area contributed by atoms with Gasteiger partial charge in [0.2, 0.25) is 0 Å². The van der Waals surface area contributed by atoms with Gasteiger partial charge in [-0.05, 0) is 18.2 Å². The molecule has 0 saturated carbocycles. The molecule has 2 aromatic rings. The van der Waals surface area contributed by atoms with Gasteiger partial charge in [-0.3, -0.25) is 4.98 Å². The molecule has 1 aliphatic heterocycles. The van der Waals surface area contributed by atoms with Gasteiger partial charge in [0.1, 0.15) is 5.82 Å². The van der Waals surface area contributed by atoms with Crippen LogP contribution in [-0.2, 0) is 5.41 Å². The third kappa shape index (κ3) is 1.96. The smallest absolute Gasteiger partial charge is 0.155 e. The lowest BCUT2D eigenvalue weighted by Gasteiger charge is -2.21. The second-order valence-corrected chi connectivity index (χ2v) is 5.70. The molecule has 0 saturated heterocycles. The lowest BCUT2D eigenvalue weighted by Crippen LogP contribution is -2.25. The molecule has 1 aliphatic rings. The fourth-order valence-electron chi connectivity index (χ4n) is 2.42. The minimum Gasteiger partial charge on any atom is -0.324 e. The zero-order valence-corrected chi connectivity index (χ0v) is 11.4. The van der Waals surface area contributed by atoms with Crippen LogP contribution in [0.2, 0.25) is 5.02 Å². The standard InChI is InChI=1S/C14H13ClFN3/c1-14(2)8-19(13-12(14)17-5-6-18-13)9-3-4-11(16)10(15)7-9/h3-7H,8H2,1-2H3. The van der Waals surface area contributed by atoms with Crippen LogP contribution < -0.4 is 4.90 Å². The van der Waals surface area contributed by atoms with Gasteiger partial charge in [0.05, 0.1) is 10.7 Å². The summed E-state index contributed by atoms with van der Waals surface area (Å²) in [6.45, 7) is 4.98. The highest BCUT2D eigenvalue weighted by Gasteiger charge is 2.38. The molecule has 0 unspecified atom stereocenters. The number of hydrogen-bond acceptors (Lipinski definition) is 3. The van der Waals surface area contributed by atoms with Crippen molar-refractivity contribution >= 4 is 23.1 Å². The first-order chi connectivity index (χ1) is 8.99. The minimum absolute atomic E-state index is 0.0928. The van der Waals surface area contributed by atoms with Crippen molar-refractivity contribution in [1.29, 1.82) is 0 Å². The molecule has 1 aromatic heterocycles. The topological polar surface area (TPSA) is 29.0 Å². The summed E-state index contributed by atoms with van der Waals surface area (Å²) in [4.78, 5) is 10.8. The molecular weight excluding hydrogens is 265 g/mol. The average molecular weight is 278 g/mol. The van der Waals surface area contributed by atoms with E-state index < -0.39 is 5.82 Å². The summed E-state index contributed by atoms with van der Waals surface area (Å²) in [5.74, 6) is 0.401. The van der Waals surface area contributed by atoms with E-state index in [2.05, 4.69) is 23.8 Å². The summed E-state index contributed by atoms with van der Waals surface area (Å²) >= 11 is 5.85. The maximum Gasteiger partial charge on any atom is 0.155 e. The van der Waals surface area contributed by atoms with Gasteiger partial charge >= 0.3 is 0 Å². The zero-order chi connectivity index (χ0) is 13.6. The van der Waals surface area contributed by atoms with Crippen molar-refractivity contribution in [3.63, 3.8) is 0 Å². The van der Waals surface area contributed by atoms with Gasteiger partial charge in [-0.2, -0.15) is 0 Å². The Bertz CT molecular complexity index is 642. The first-order valence-corrected chi connectivity index (χ1v) is 6.41. The van der Waals surface area contributed by atoms with E-state index in [0.29, 0.717) is 0 Å². The Morgan fingerprint density at radius 1 is 1.26 bits per heavy atom. The summed E-state index contributed by atoms with van der Waals surface area (Å²) in [5, 5.41) is 0.118. The van der Waals surface area contributed by atoms with Crippen LogP contribution in [0.4, 0.5) is 15.9 Å². The monoisotopic (exact) mass is 277 g/mol. The molecule has 3 nitrogen and oxygen atoms in total. The quantitative estimate of drug-likeness (QED) is 0.796. The number of halogens is 2. The summed E-state index contributed by atoms with van der Waals surface area (Å²) in [6.07, 6.45) is 3.36. The predicted molar refractivity (Wildman–Crippen MR) is 73.5 cm³/mol. The van der Waals surface area contributed by atoms with Gasteiger partial charge in [0.25, 0.3) is 0 Å². The van der Waals surface area contributed by atoms with Crippen LogP contribution in [0.15, 0.2) is 30.6 Å². The summed E-state index contributed by atoms with van der Waals surface area (Å²) < 4.78 is 13.3. The zero-order valence-electron chi connectivity index (χ0n) is 10.7. The number of nitrogens with zero attached hydrogens (tertiary/aromatic N) is 3. The maximum absolute atomic E-state index is 13.3. The van der Waals surface area contributed by atoms with Crippen molar-refractivity contribution < 1.29 is 4.39 Å². The van der Waals surface area contributed by atoms with Crippen LogP contribution in [0.3, 0.4) is 0 Å². The van der Waals surface area contributed by atoms with Crippen molar-refractivity contribution in [2.45, 2.75) is 19.3 Å². The maximum atomic E-state index is 13.3. The second-order valence-electron chi connectivity index (χ2n) is 5.30. The lowest BCUT2D eigenvalue weighted by atomic mass is 9.92. The summed E-state index contributed by atoms with van der Waals surface area (Å²) in [6, 6.07) is 4.71. The summed E-state index contributed by atoms with van der Waals surface area (Å²) in [7, 11) is 0. The number of rotatable bonds is 1. The Kier molecular flexibility index (Phi) is 2.71. The molecule has 5 heteroatoms. The number of anilines is 2. The van der Waals surface area contributed by atoms with Crippen molar-refractivity contribution in [2.75, 3.05) is 11.4 Å². The molecule has 98 valence electrons. The highest BCUT2D eigenvalue weighted by Crippen LogP contribution is 2.41. The van der Waals surface area contributed by atoms with E-state index in [9.17, 15) is 4.39 Å². The van der Waals surface area contributed by atoms with Gasteiger partial charge < -0.3 is 4.90 Å². The van der Waals surface area contributed by atoms with Gasteiger partial charge in [0, 0.05) is 30.0 Å². The van der Waals surface area contributed by atoms with E-state index in [1.54, 1.807) is 24.5 Å². The highest BCUT2D eigenvalue weighted by atomic mass is 35.5. The molecule has 0 bridgehead atoms. The Morgan fingerprint density at radius 3 is 2.74 bits per heavy atom. The van der Waals surface area contributed by atoms with E-state index in [4.69, 9.17) is 11.6 Å². The minimum atomic E-state index is -0.414.